The molecule has 1 aromatic heterocycles. The van der Waals surface area contributed by atoms with E-state index in [-0.39, 0.29) is 0 Å². The van der Waals surface area contributed by atoms with Crippen LogP contribution in [0.4, 0.5) is 0 Å². The van der Waals surface area contributed by atoms with Crippen molar-refractivity contribution in [3.05, 3.63) is 52.4 Å². The van der Waals surface area contributed by atoms with E-state index in [9.17, 15) is 0 Å². The van der Waals surface area contributed by atoms with Gasteiger partial charge in [0.1, 0.15) is 23.9 Å². The van der Waals surface area contributed by atoms with Crippen LogP contribution in [0.3, 0.4) is 0 Å². The standard InChI is InChI=1S/C15H18BrNO2/c1-12-3-6-15(19-12)11-17(2)9-10-18-14-7-4-13(16)5-8-14/h3-8H,9-11H2,1-2H3. The van der Waals surface area contributed by atoms with Gasteiger partial charge in [0.15, 0.2) is 0 Å². The Morgan fingerprint density at radius 1 is 1.16 bits per heavy atom. The summed E-state index contributed by atoms with van der Waals surface area (Å²) >= 11 is 3.40. The second kappa shape index (κ2) is 6.78. The number of hydrogen-bond donors (Lipinski definition) is 0. The number of furan rings is 1. The van der Waals surface area contributed by atoms with Gasteiger partial charge >= 0.3 is 0 Å². The maximum absolute atomic E-state index is 5.68. The normalized spacial score (nSPS) is 10.9. The number of aryl methyl sites for hydroxylation is 1. The highest BCUT2D eigenvalue weighted by molar-refractivity contribution is 9.10. The number of likely N-dealkylation sites (N-methyl/N-ethyl adjacent to an activating group) is 1. The first kappa shape index (κ1) is 14.2. The highest BCUT2D eigenvalue weighted by Crippen LogP contribution is 2.16. The molecule has 0 spiro atoms. The highest BCUT2D eigenvalue weighted by Gasteiger charge is 2.04. The van der Waals surface area contributed by atoms with Gasteiger partial charge in [0.05, 0.1) is 6.54 Å². The molecule has 19 heavy (non-hydrogen) atoms. The van der Waals surface area contributed by atoms with Crippen LogP contribution >= 0.6 is 15.9 Å². The predicted molar refractivity (Wildman–Crippen MR) is 79.4 cm³/mol. The van der Waals surface area contributed by atoms with E-state index < -0.39 is 0 Å². The van der Waals surface area contributed by atoms with Gasteiger partial charge in [-0.2, -0.15) is 0 Å². The van der Waals surface area contributed by atoms with Gasteiger partial charge in [-0.3, -0.25) is 4.90 Å². The maximum Gasteiger partial charge on any atom is 0.119 e. The van der Waals surface area contributed by atoms with Crippen molar-refractivity contribution in [1.82, 2.24) is 4.90 Å². The Hall–Kier alpha value is -1.26. The molecular formula is C15H18BrNO2. The van der Waals surface area contributed by atoms with Gasteiger partial charge in [-0.1, -0.05) is 15.9 Å². The largest absolute Gasteiger partial charge is 0.492 e. The van der Waals surface area contributed by atoms with Crippen molar-refractivity contribution in [3.63, 3.8) is 0 Å². The highest BCUT2D eigenvalue weighted by atomic mass is 79.9. The van der Waals surface area contributed by atoms with Crippen molar-refractivity contribution in [2.45, 2.75) is 13.5 Å². The Labute approximate surface area is 122 Å². The number of hydrogen-bond acceptors (Lipinski definition) is 3. The van der Waals surface area contributed by atoms with Gasteiger partial charge in [0, 0.05) is 11.0 Å². The molecule has 0 unspecified atom stereocenters. The number of nitrogens with zero attached hydrogens (tertiary/aromatic N) is 1. The lowest BCUT2D eigenvalue weighted by Crippen LogP contribution is -2.23. The zero-order valence-electron chi connectivity index (χ0n) is 11.2. The summed E-state index contributed by atoms with van der Waals surface area (Å²) in [4.78, 5) is 2.18. The summed E-state index contributed by atoms with van der Waals surface area (Å²) in [7, 11) is 2.06. The van der Waals surface area contributed by atoms with E-state index in [1.165, 1.54) is 0 Å². The molecule has 0 radical (unpaired) electrons. The quantitative estimate of drug-likeness (QED) is 0.807. The van der Waals surface area contributed by atoms with Gasteiger partial charge in [-0.25, -0.2) is 0 Å². The van der Waals surface area contributed by atoms with Crippen LogP contribution in [0.2, 0.25) is 0 Å². The van der Waals surface area contributed by atoms with E-state index in [0.29, 0.717) is 6.61 Å². The van der Waals surface area contributed by atoms with Crippen LogP contribution in [-0.2, 0) is 6.54 Å². The van der Waals surface area contributed by atoms with Crippen LogP contribution in [0.1, 0.15) is 11.5 Å². The van der Waals surface area contributed by atoms with Crippen molar-refractivity contribution < 1.29 is 9.15 Å². The van der Waals surface area contributed by atoms with Crippen molar-refractivity contribution >= 4 is 15.9 Å². The van der Waals surface area contributed by atoms with Crippen LogP contribution in [-0.4, -0.2) is 25.1 Å². The molecule has 0 aliphatic heterocycles. The molecule has 0 atom stereocenters. The van der Waals surface area contributed by atoms with E-state index in [2.05, 4.69) is 27.9 Å². The Kier molecular flexibility index (Phi) is 5.05. The topological polar surface area (TPSA) is 25.6 Å². The minimum Gasteiger partial charge on any atom is -0.492 e. The molecule has 0 aliphatic carbocycles. The van der Waals surface area contributed by atoms with E-state index in [1.807, 2.05) is 43.3 Å². The van der Waals surface area contributed by atoms with Crippen molar-refractivity contribution in [2.24, 2.45) is 0 Å². The maximum atomic E-state index is 5.68. The van der Waals surface area contributed by atoms with Gasteiger partial charge in [0.25, 0.3) is 0 Å². The monoisotopic (exact) mass is 323 g/mol. The summed E-state index contributed by atoms with van der Waals surface area (Å²) < 4.78 is 12.3. The average Bonchev–Trinajstić information content (AvgIpc) is 2.77. The molecule has 0 fully saturated rings. The van der Waals surface area contributed by atoms with E-state index in [0.717, 1.165) is 34.8 Å². The third-order valence-corrected chi connectivity index (χ3v) is 3.31. The lowest BCUT2D eigenvalue weighted by Gasteiger charge is -2.15. The minimum atomic E-state index is 0.665. The van der Waals surface area contributed by atoms with Gasteiger partial charge in [0.2, 0.25) is 0 Å². The van der Waals surface area contributed by atoms with Crippen molar-refractivity contribution in [3.8, 4) is 5.75 Å². The van der Waals surface area contributed by atoms with Crippen molar-refractivity contribution in [1.29, 1.82) is 0 Å². The average molecular weight is 324 g/mol. The van der Waals surface area contributed by atoms with Crippen LogP contribution in [0.5, 0.6) is 5.75 Å². The molecule has 0 amide bonds. The van der Waals surface area contributed by atoms with E-state index in [1.54, 1.807) is 0 Å². The summed E-state index contributed by atoms with van der Waals surface area (Å²) in [5.41, 5.74) is 0. The summed E-state index contributed by atoms with van der Waals surface area (Å²) in [5, 5.41) is 0. The number of rotatable bonds is 6. The van der Waals surface area contributed by atoms with Crippen molar-refractivity contribution in [2.75, 3.05) is 20.2 Å². The fourth-order valence-electron chi connectivity index (χ4n) is 1.77. The molecule has 3 nitrogen and oxygen atoms in total. The smallest absolute Gasteiger partial charge is 0.119 e. The second-order valence-corrected chi connectivity index (χ2v) is 5.47. The molecule has 0 aliphatic rings. The minimum absolute atomic E-state index is 0.665. The molecule has 102 valence electrons. The Morgan fingerprint density at radius 2 is 1.89 bits per heavy atom. The first-order chi connectivity index (χ1) is 9.13. The first-order valence-electron chi connectivity index (χ1n) is 6.26. The Bertz CT molecular complexity index is 507. The summed E-state index contributed by atoms with van der Waals surface area (Å²) in [6.45, 7) is 4.28. The molecule has 4 heteroatoms. The third-order valence-electron chi connectivity index (χ3n) is 2.78. The van der Waals surface area contributed by atoms with Crippen LogP contribution in [0.25, 0.3) is 0 Å². The molecule has 1 aromatic carbocycles. The first-order valence-corrected chi connectivity index (χ1v) is 7.05. The summed E-state index contributed by atoms with van der Waals surface area (Å²) in [5.74, 6) is 2.84. The summed E-state index contributed by atoms with van der Waals surface area (Å²) in [6.07, 6.45) is 0. The third kappa shape index (κ3) is 4.73. The zero-order valence-corrected chi connectivity index (χ0v) is 12.8. The number of halogens is 1. The van der Waals surface area contributed by atoms with Crippen LogP contribution in [0, 0.1) is 6.92 Å². The summed E-state index contributed by atoms with van der Waals surface area (Å²) in [6, 6.07) is 11.9. The molecular weight excluding hydrogens is 306 g/mol. The Balaban J connectivity index is 1.71. The molecule has 2 aromatic rings. The lowest BCUT2D eigenvalue weighted by molar-refractivity contribution is 0.221. The second-order valence-electron chi connectivity index (χ2n) is 4.55. The van der Waals surface area contributed by atoms with Gasteiger partial charge in [-0.15, -0.1) is 0 Å². The predicted octanol–water partition coefficient (Wildman–Crippen LogP) is 3.86. The number of ether oxygens (including phenoxy) is 1. The molecule has 1 heterocycles. The van der Waals surface area contributed by atoms with Gasteiger partial charge in [-0.05, 0) is 50.4 Å². The molecule has 0 saturated carbocycles. The fraction of sp³-hybridized carbons (Fsp3) is 0.333. The molecule has 0 N–H and O–H groups in total. The van der Waals surface area contributed by atoms with Crippen LogP contribution < -0.4 is 4.74 Å². The lowest BCUT2D eigenvalue weighted by atomic mass is 10.3. The van der Waals surface area contributed by atoms with E-state index in [4.69, 9.17) is 9.15 Å². The molecule has 0 saturated heterocycles. The fourth-order valence-corrected chi connectivity index (χ4v) is 2.03. The molecule has 0 bridgehead atoms. The van der Waals surface area contributed by atoms with E-state index >= 15 is 0 Å². The van der Waals surface area contributed by atoms with Crippen LogP contribution in [0.15, 0.2) is 45.3 Å². The Morgan fingerprint density at radius 3 is 2.53 bits per heavy atom. The zero-order chi connectivity index (χ0) is 13.7. The SMILES string of the molecule is Cc1ccc(CN(C)CCOc2ccc(Br)cc2)o1. The number of benzene rings is 1. The van der Waals surface area contributed by atoms with Gasteiger partial charge < -0.3 is 9.15 Å². The molecule has 2 rings (SSSR count).